The van der Waals surface area contributed by atoms with Crippen molar-refractivity contribution < 1.29 is 0 Å². The van der Waals surface area contributed by atoms with Crippen LogP contribution in [0.4, 0.5) is 0 Å². The Labute approximate surface area is 97.1 Å². The maximum absolute atomic E-state index is 5.47. The Morgan fingerprint density at radius 1 is 1.40 bits per heavy atom. The molecule has 0 aliphatic heterocycles. The second kappa shape index (κ2) is 5.83. The lowest BCUT2D eigenvalue weighted by atomic mass is 10.1. The van der Waals surface area contributed by atoms with Gasteiger partial charge in [-0.1, -0.05) is 36.5 Å². The molecule has 1 aromatic carbocycles. The number of hydrogen-bond donors (Lipinski definition) is 1. The molecule has 0 saturated carbocycles. The highest BCUT2D eigenvalue weighted by Gasteiger charge is 2.02. The number of thiocarbonyl (C=S) groups is 1. The molecule has 0 aliphatic rings. The number of nitrogens with two attached hydrogens (primary N) is 1. The molecule has 0 heterocycles. The molecule has 0 amide bonds. The Morgan fingerprint density at radius 2 is 2.07 bits per heavy atom. The summed E-state index contributed by atoms with van der Waals surface area (Å²) in [5.41, 5.74) is 8.17. The first-order valence-electron chi connectivity index (χ1n) is 5.11. The van der Waals surface area contributed by atoms with Crippen LogP contribution >= 0.6 is 12.2 Å². The maximum Gasteiger partial charge on any atom is 0.0740 e. The first-order chi connectivity index (χ1) is 7.09. The number of aryl methyl sites for hydroxylation is 1. The zero-order chi connectivity index (χ0) is 11.3. The minimum absolute atomic E-state index is 0.589. The monoisotopic (exact) mass is 222 g/mol. The highest BCUT2D eigenvalue weighted by molar-refractivity contribution is 7.80. The largest absolute Gasteiger partial charge is 0.393 e. The van der Waals surface area contributed by atoms with Gasteiger partial charge in [-0.3, -0.25) is 0 Å². The van der Waals surface area contributed by atoms with E-state index in [1.807, 2.05) is 0 Å². The van der Waals surface area contributed by atoms with Crippen LogP contribution in [0, 0.1) is 6.92 Å². The molecule has 0 unspecified atom stereocenters. The molecule has 3 heteroatoms. The van der Waals surface area contributed by atoms with Crippen molar-refractivity contribution in [3.05, 3.63) is 35.4 Å². The Morgan fingerprint density at radius 3 is 2.67 bits per heavy atom. The van der Waals surface area contributed by atoms with E-state index in [2.05, 4.69) is 43.1 Å². The molecule has 1 aromatic rings. The third kappa shape index (κ3) is 4.40. The second-order valence-electron chi connectivity index (χ2n) is 3.88. The lowest BCUT2D eigenvalue weighted by molar-refractivity contribution is 0.336. The highest BCUT2D eigenvalue weighted by Crippen LogP contribution is 2.09. The van der Waals surface area contributed by atoms with Crippen LogP contribution in [0.25, 0.3) is 0 Å². The summed E-state index contributed by atoms with van der Waals surface area (Å²) in [6, 6.07) is 8.43. The first kappa shape index (κ1) is 12.1. The van der Waals surface area contributed by atoms with E-state index in [9.17, 15) is 0 Å². The van der Waals surface area contributed by atoms with Gasteiger partial charge in [-0.2, -0.15) is 0 Å². The van der Waals surface area contributed by atoms with Crippen molar-refractivity contribution in [1.82, 2.24) is 4.90 Å². The van der Waals surface area contributed by atoms with Crippen molar-refractivity contribution in [2.45, 2.75) is 19.9 Å². The second-order valence-corrected chi connectivity index (χ2v) is 4.40. The SMILES string of the molecule is Cc1ccccc1CN(C)CCC(N)=S. The fraction of sp³-hybridized carbons (Fsp3) is 0.417. The van der Waals surface area contributed by atoms with Crippen LogP contribution < -0.4 is 5.73 Å². The normalized spacial score (nSPS) is 10.6. The minimum Gasteiger partial charge on any atom is -0.393 e. The molecular weight excluding hydrogens is 204 g/mol. The summed E-state index contributed by atoms with van der Waals surface area (Å²) >= 11 is 4.86. The molecular formula is C12H18N2S. The molecule has 15 heavy (non-hydrogen) atoms. The van der Waals surface area contributed by atoms with Gasteiger partial charge in [-0.25, -0.2) is 0 Å². The molecule has 0 aromatic heterocycles. The predicted molar refractivity (Wildman–Crippen MR) is 68.9 cm³/mol. The van der Waals surface area contributed by atoms with Crippen LogP contribution in [0.5, 0.6) is 0 Å². The zero-order valence-corrected chi connectivity index (χ0v) is 10.2. The van der Waals surface area contributed by atoms with E-state index in [1.165, 1.54) is 11.1 Å². The van der Waals surface area contributed by atoms with Gasteiger partial charge in [0.15, 0.2) is 0 Å². The minimum atomic E-state index is 0.589. The van der Waals surface area contributed by atoms with Crippen LogP contribution in [0.3, 0.4) is 0 Å². The van der Waals surface area contributed by atoms with E-state index < -0.39 is 0 Å². The van der Waals surface area contributed by atoms with E-state index in [4.69, 9.17) is 18.0 Å². The predicted octanol–water partition coefficient (Wildman–Crippen LogP) is 2.10. The molecule has 1 rings (SSSR count). The third-order valence-corrected chi connectivity index (χ3v) is 2.65. The van der Waals surface area contributed by atoms with Crippen LogP contribution in [0.2, 0.25) is 0 Å². The Bertz CT molecular complexity index is 336. The summed E-state index contributed by atoms with van der Waals surface area (Å²) in [6.45, 7) is 4.01. The Balaban J connectivity index is 2.47. The lowest BCUT2D eigenvalue weighted by Gasteiger charge is -2.17. The lowest BCUT2D eigenvalue weighted by Crippen LogP contribution is -2.23. The fourth-order valence-corrected chi connectivity index (χ4v) is 1.55. The van der Waals surface area contributed by atoms with Crippen molar-refractivity contribution in [3.63, 3.8) is 0 Å². The summed E-state index contributed by atoms with van der Waals surface area (Å²) in [6.07, 6.45) is 0.789. The summed E-state index contributed by atoms with van der Waals surface area (Å²) < 4.78 is 0. The molecule has 0 aliphatic carbocycles. The smallest absolute Gasteiger partial charge is 0.0740 e. The van der Waals surface area contributed by atoms with Gasteiger partial charge < -0.3 is 10.6 Å². The molecule has 0 saturated heterocycles. The van der Waals surface area contributed by atoms with E-state index in [0.717, 1.165) is 19.5 Å². The molecule has 0 atom stereocenters. The van der Waals surface area contributed by atoms with Crippen molar-refractivity contribution in [2.24, 2.45) is 5.73 Å². The Hall–Kier alpha value is -0.930. The molecule has 2 N–H and O–H groups in total. The topological polar surface area (TPSA) is 29.3 Å². The van der Waals surface area contributed by atoms with Gasteiger partial charge in [0.05, 0.1) is 4.99 Å². The average molecular weight is 222 g/mol. The average Bonchev–Trinajstić information content (AvgIpc) is 2.18. The van der Waals surface area contributed by atoms with E-state index >= 15 is 0 Å². The maximum atomic E-state index is 5.47. The highest BCUT2D eigenvalue weighted by atomic mass is 32.1. The van der Waals surface area contributed by atoms with E-state index in [-0.39, 0.29) is 0 Å². The number of nitrogens with zero attached hydrogens (tertiary/aromatic N) is 1. The molecule has 0 fully saturated rings. The molecule has 82 valence electrons. The third-order valence-electron chi connectivity index (χ3n) is 2.44. The quantitative estimate of drug-likeness (QED) is 0.774. The first-order valence-corrected chi connectivity index (χ1v) is 5.52. The van der Waals surface area contributed by atoms with Gasteiger partial charge in [0, 0.05) is 19.5 Å². The van der Waals surface area contributed by atoms with Crippen LogP contribution in [0.1, 0.15) is 17.5 Å². The molecule has 0 bridgehead atoms. The van der Waals surface area contributed by atoms with Crippen molar-refractivity contribution in [1.29, 1.82) is 0 Å². The van der Waals surface area contributed by atoms with Crippen LogP contribution in [0.15, 0.2) is 24.3 Å². The van der Waals surface area contributed by atoms with Gasteiger partial charge in [-0.15, -0.1) is 0 Å². The van der Waals surface area contributed by atoms with Gasteiger partial charge >= 0.3 is 0 Å². The van der Waals surface area contributed by atoms with E-state index in [1.54, 1.807) is 0 Å². The summed E-state index contributed by atoms with van der Waals surface area (Å²) in [5.74, 6) is 0. The van der Waals surface area contributed by atoms with Crippen molar-refractivity contribution in [2.75, 3.05) is 13.6 Å². The van der Waals surface area contributed by atoms with Gasteiger partial charge in [-0.05, 0) is 25.1 Å². The fourth-order valence-electron chi connectivity index (χ4n) is 1.46. The van der Waals surface area contributed by atoms with Crippen molar-refractivity contribution >= 4 is 17.2 Å². The summed E-state index contributed by atoms with van der Waals surface area (Å²) in [5, 5.41) is 0. The molecule has 2 nitrogen and oxygen atoms in total. The van der Waals surface area contributed by atoms with Gasteiger partial charge in [0.1, 0.15) is 0 Å². The summed E-state index contributed by atoms with van der Waals surface area (Å²) in [7, 11) is 2.09. The van der Waals surface area contributed by atoms with Gasteiger partial charge in [0.2, 0.25) is 0 Å². The van der Waals surface area contributed by atoms with Crippen LogP contribution in [-0.4, -0.2) is 23.5 Å². The molecule has 0 spiro atoms. The van der Waals surface area contributed by atoms with Gasteiger partial charge in [0.25, 0.3) is 0 Å². The zero-order valence-electron chi connectivity index (χ0n) is 9.36. The van der Waals surface area contributed by atoms with Crippen molar-refractivity contribution in [3.8, 4) is 0 Å². The summed E-state index contributed by atoms with van der Waals surface area (Å²) in [4.78, 5) is 2.83. The number of benzene rings is 1. The van der Waals surface area contributed by atoms with Crippen LogP contribution in [-0.2, 0) is 6.54 Å². The Kier molecular flexibility index (Phi) is 4.72. The number of hydrogen-bond acceptors (Lipinski definition) is 2. The van der Waals surface area contributed by atoms with E-state index in [0.29, 0.717) is 4.99 Å². The number of rotatable bonds is 5. The molecule has 0 radical (unpaired) electrons. The standard InChI is InChI=1S/C12H18N2S/c1-10-5-3-4-6-11(10)9-14(2)8-7-12(13)15/h3-6H,7-9H2,1-2H3,(H2,13,15).